The Hall–Kier alpha value is -2.16. The molecule has 0 aromatic heterocycles. The van der Waals surface area contributed by atoms with E-state index >= 15 is 0 Å². The standard InChI is InChI=1S/C17H16N2O2S/c1-12-7-9-13(10-8-12)15-16(17(15,19)11-18)22(20,21)14-5-3-2-4-6-14/h2-10,15-16H,19H2,1H3/t15-,16-,17+/m0/s1. The van der Waals surface area contributed by atoms with Crippen molar-refractivity contribution in [2.45, 2.75) is 28.5 Å². The zero-order valence-electron chi connectivity index (χ0n) is 12.1. The van der Waals surface area contributed by atoms with Gasteiger partial charge in [0.05, 0.1) is 11.0 Å². The van der Waals surface area contributed by atoms with Crippen LogP contribution in [0.2, 0.25) is 0 Å². The third kappa shape index (κ3) is 2.12. The van der Waals surface area contributed by atoms with E-state index in [9.17, 15) is 13.7 Å². The molecule has 2 N–H and O–H groups in total. The van der Waals surface area contributed by atoms with Crippen LogP contribution in [0.5, 0.6) is 0 Å². The first kappa shape index (κ1) is 14.8. The predicted octanol–water partition coefficient (Wildman–Crippen LogP) is 2.16. The largest absolute Gasteiger partial charge is 0.312 e. The second-order valence-electron chi connectivity index (χ2n) is 5.71. The monoisotopic (exact) mass is 312 g/mol. The highest BCUT2D eigenvalue weighted by Crippen LogP contribution is 2.55. The fraction of sp³-hybridized carbons (Fsp3) is 0.235. The first-order valence-electron chi connectivity index (χ1n) is 6.97. The maximum Gasteiger partial charge on any atom is 0.184 e. The first-order chi connectivity index (χ1) is 10.4. The van der Waals surface area contributed by atoms with Gasteiger partial charge in [0.15, 0.2) is 9.84 Å². The van der Waals surface area contributed by atoms with E-state index in [0.29, 0.717) is 0 Å². The second kappa shape index (κ2) is 4.94. The van der Waals surface area contributed by atoms with Crippen molar-refractivity contribution < 1.29 is 8.42 Å². The Balaban J connectivity index is 2.04. The summed E-state index contributed by atoms with van der Waals surface area (Å²) in [5, 5.41) is 8.49. The van der Waals surface area contributed by atoms with Crippen molar-refractivity contribution in [3.05, 3.63) is 65.7 Å². The molecule has 112 valence electrons. The lowest BCUT2D eigenvalue weighted by Crippen LogP contribution is -2.29. The van der Waals surface area contributed by atoms with Crippen LogP contribution in [0.1, 0.15) is 17.0 Å². The SMILES string of the molecule is Cc1ccc([C@H]2[C@H](S(=O)(=O)c3ccccc3)[C@@]2(N)C#N)cc1. The summed E-state index contributed by atoms with van der Waals surface area (Å²) in [5.74, 6) is -0.497. The van der Waals surface area contributed by atoms with E-state index in [1.54, 1.807) is 18.2 Å². The van der Waals surface area contributed by atoms with Crippen molar-refractivity contribution in [2.24, 2.45) is 5.73 Å². The fourth-order valence-corrected chi connectivity index (χ4v) is 5.13. The molecule has 1 aliphatic rings. The van der Waals surface area contributed by atoms with Crippen molar-refractivity contribution in [1.29, 1.82) is 5.26 Å². The van der Waals surface area contributed by atoms with Gasteiger partial charge in [-0.3, -0.25) is 0 Å². The van der Waals surface area contributed by atoms with Crippen LogP contribution in [0.15, 0.2) is 59.5 Å². The van der Waals surface area contributed by atoms with Gasteiger partial charge in [0.2, 0.25) is 0 Å². The molecule has 0 saturated heterocycles. The second-order valence-corrected chi connectivity index (χ2v) is 7.78. The average molecular weight is 312 g/mol. The molecule has 1 aliphatic carbocycles. The Kier molecular flexibility index (Phi) is 3.32. The molecule has 0 unspecified atom stereocenters. The van der Waals surface area contributed by atoms with Gasteiger partial charge >= 0.3 is 0 Å². The number of sulfone groups is 1. The van der Waals surface area contributed by atoms with Gasteiger partial charge in [-0.15, -0.1) is 0 Å². The first-order valence-corrected chi connectivity index (χ1v) is 8.51. The van der Waals surface area contributed by atoms with Crippen molar-refractivity contribution in [2.75, 3.05) is 0 Å². The number of nitrogens with zero attached hydrogens (tertiary/aromatic N) is 1. The Morgan fingerprint density at radius 1 is 1.09 bits per heavy atom. The molecule has 0 bridgehead atoms. The molecule has 5 heteroatoms. The molecule has 22 heavy (non-hydrogen) atoms. The van der Waals surface area contributed by atoms with Crippen LogP contribution in [0.4, 0.5) is 0 Å². The van der Waals surface area contributed by atoms with Gasteiger partial charge < -0.3 is 5.73 Å². The minimum absolute atomic E-state index is 0.208. The van der Waals surface area contributed by atoms with E-state index < -0.39 is 26.5 Å². The number of nitriles is 1. The van der Waals surface area contributed by atoms with Gasteiger partial charge in [-0.2, -0.15) is 5.26 Å². The summed E-state index contributed by atoms with van der Waals surface area (Å²) in [6, 6.07) is 17.7. The highest BCUT2D eigenvalue weighted by molar-refractivity contribution is 7.92. The molecule has 0 spiro atoms. The molecule has 0 heterocycles. The van der Waals surface area contributed by atoms with Crippen LogP contribution in [-0.4, -0.2) is 19.2 Å². The van der Waals surface area contributed by atoms with E-state index in [4.69, 9.17) is 5.73 Å². The summed E-state index contributed by atoms with van der Waals surface area (Å²) >= 11 is 0. The molecule has 0 aliphatic heterocycles. The number of hydrogen-bond acceptors (Lipinski definition) is 4. The molecule has 4 nitrogen and oxygen atoms in total. The molecule has 1 saturated carbocycles. The van der Waals surface area contributed by atoms with E-state index in [1.807, 2.05) is 37.3 Å². The molecule has 0 radical (unpaired) electrons. The fourth-order valence-electron chi connectivity index (χ4n) is 2.92. The smallest absolute Gasteiger partial charge is 0.184 e. The summed E-state index contributed by atoms with van der Waals surface area (Å²) in [4.78, 5) is 0.208. The predicted molar refractivity (Wildman–Crippen MR) is 83.9 cm³/mol. The van der Waals surface area contributed by atoms with E-state index in [1.165, 1.54) is 12.1 Å². The summed E-state index contributed by atoms with van der Waals surface area (Å²) in [6.07, 6.45) is 0. The molecule has 3 atom stereocenters. The molecule has 1 fully saturated rings. The molecule has 2 aromatic carbocycles. The minimum atomic E-state index is -3.64. The topological polar surface area (TPSA) is 83.9 Å². The van der Waals surface area contributed by atoms with Gasteiger partial charge in [-0.1, -0.05) is 48.0 Å². The third-order valence-corrected chi connectivity index (χ3v) is 6.48. The van der Waals surface area contributed by atoms with Crippen LogP contribution in [0.3, 0.4) is 0 Å². The van der Waals surface area contributed by atoms with Crippen molar-refractivity contribution in [3.63, 3.8) is 0 Å². The zero-order valence-corrected chi connectivity index (χ0v) is 12.9. The average Bonchev–Trinajstić information content (AvgIpc) is 3.17. The maximum atomic E-state index is 12.8. The quantitative estimate of drug-likeness (QED) is 0.941. The van der Waals surface area contributed by atoms with Crippen LogP contribution < -0.4 is 5.73 Å². The van der Waals surface area contributed by atoms with Crippen LogP contribution in [-0.2, 0) is 9.84 Å². The number of nitrogens with two attached hydrogens (primary N) is 1. The molecule has 3 rings (SSSR count). The summed E-state index contributed by atoms with van der Waals surface area (Å²) in [7, 11) is -3.64. The highest BCUT2D eigenvalue weighted by Gasteiger charge is 2.70. The number of aryl methyl sites for hydroxylation is 1. The Labute approximate surface area is 130 Å². The van der Waals surface area contributed by atoms with E-state index in [2.05, 4.69) is 0 Å². The third-order valence-electron chi connectivity index (χ3n) is 4.22. The highest BCUT2D eigenvalue weighted by atomic mass is 32.2. The van der Waals surface area contributed by atoms with Crippen LogP contribution in [0, 0.1) is 18.3 Å². The maximum absolute atomic E-state index is 12.8. The molecule has 2 aromatic rings. The molecular weight excluding hydrogens is 296 g/mol. The zero-order chi connectivity index (χ0) is 16.0. The summed E-state index contributed by atoms with van der Waals surface area (Å²) in [6.45, 7) is 1.95. The Morgan fingerprint density at radius 3 is 2.23 bits per heavy atom. The van der Waals surface area contributed by atoms with Gasteiger partial charge in [-0.25, -0.2) is 8.42 Å². The van der Waals surface area contributed by atoms with Gasteiger partial charge in [0.1, 0.15) is 10.8 Å². The van der Waals surface area contributed by atoms with Crippen molar-refractivity contribution in [1.82, 2.24) is 0 Å². The normalized spacial score (nSPS) is 27.1. The summed E-state index contributed by atoms with van der Waals surface area (Å²) < 4.78 is 25.6. The molecule has 0 amide bonds. The van der Waals surface area contributed by atoms with Gasteiger partial charge in [-0.05, 0) is 24.6 Å². The number of hydrogen-bond donors (Lipinski definition) is 1. The van der Waals surface area contributed by atoms with Crippen molar-refractivity contribution >= 4 is 9.84 Å². The van der Waals surface area contributed by atoms with Gasteiger partial charge in [0, 0.05) is 5.92 Å². The van der Waals surface area contributed by atoms with E-state index in [0.717, 1.165) is 11.1 Å². The lowest BCUT2D eigenvalue weighted by Gasteiger charge is -2.04. The van der Waals surface area contributed by atoms with Crippen molar-refractivity contribution in [3.8, 4) is 6.07 Å². The molecular formula is C17H16N2O2S. The Bertz CT molecular complexity index is 838. The van der Waals surface area contributed by atoms with E-state index in [-0.39, 0.29) is 4.90 Å². The Morgan fingerprint density at radius 2 is 1.68 bits per heavy atom. The summed E-state index contributed by atoms with van der Waals surface area (Å²) in [5.41, 5.74) is 6.58. The minimum Gasteiger partial charge on any atom is -0.312 e. The lowest BCUT2D eigenvalue weighted by molar-refractivity contribution is 0.592. The van der Waals surface area contributed by atoms with Crippen LogP contribution in [0.25, 0.3) is 0 Å². The number of benzene rings is 2. The van der Waals surface area contributed by atoms with Crippen LogP contribution >= 0.6 is 0 Å². The number of rotatable bonds is 3. The lowest BCUT2D eigenvalue weighted by atomic mass is 10.1. The van der Waals surface area contributed by atoms with Gasteiger partial charge in [0.25, 0.3) is 0 Å².